The molecule has 7 heteroatoms. The van der Waals surface area contributed by atoms with E-state index in [9.17, 15) is 4.79 Å². The van der Waals surface area contributed by atoms with E-state index in [4.69, 9.17) is 20.1 Å². The Morgan fingerprint density at radius 3 is 2.93 bits per heavy atom. The Hall–Kier alpha value is -1.47. The Morgan fingerprint density at radius 1 is 1.73 bits per heavy atom. The van der Waals surface area contributed by atoms with Crippen molar-refractivity contribution in [3.63, 3.8) is 0 Å². The van der Waals surface area contributed by atoms with Gasteiger partial charge in [-0.1, -0.05) is 0 Å². The maximum absolute atomic E-state index is 10.6. The van der Waals surface area contributed by atoms with Crippen LogP contribution < -0.4 is 5.73 Å². The Labute approximate surface area is 85.2 Å². The number of carbonyl (C=O) groups is 1. The van der Waals surface area contributed by atoms with Gasteiger partial charge < -0.3 is 20.1 Å². The molecule has 1 aromatic rings. The first kappa shape index (κ1) is 10.1. The number of rotatable bonds is 2. The van der Waals surface area contributed by atoms with Gasteiger partial charge in [-0.2, -0.15) is 4.98 Å². The van der Waals surface area contributed by atoms with Crippen LogP contribution in [0.1, 0.15) is 23.4 Å². The van der Waals surface area contributed by atoms with Gasteiger partial charge in [0, 0.05) is 6.04 Å². The van der Waals surface area contributed by atoms with Crippen molar-refractivity contribution in [3.8, 4) is 0 Å². The zero-order chi connectivity index (χ0) is 11.1. The summed E-state index contributed by atoms with van der Waals surface area (Å²) in [5, 5.41) is 12.0. The molecule has 15 heavy (non-hydrogen) atoms. The molecular weight excluding hydrogens is 202 g/mol. The van der Waals surface area contributed by atoms with Gasteiger partial charge in [0.25, 0.3) is 5.82 Å². The summed E-state index contributed by atoms with van der Waals surface area (Å²) in [5.74, 6) is -1.36. The predicted molar refractivity (Wildman–Crippen MR) is 47.4 cm³/mol. The molecule has 2 heterocycles. The van der Waals surface area contributed by atoms with Crippen molar-refractivity contribution in [1.29, 1.82) is 0 Å². The summed E-state index contributed by atoms with van der Waals surface area (Å²) in [7, 11) is 0. The van der Waals surface area contributed by atoms with E-state index < -0.39 is 11.4 Å². The summed E-state index contributed by atoms with van der Waals surface area (Å²) >= 11 is 0. The molecule has 1 saturated heterocycles. The fourth-order valence-corrected chi connectivity index (χ4v) is 1.45. The highest BCUT2D eigenvalue weighted by molar-refractivity contribution is 5.82. The van der Waals surface area contributed by atoms with Gasteiger partial charge in [-0.3, -0.25) is 0 Å². The maximum atomic E-state index is 10.6. The fourth-order valence-electron chi connectivity index (χ4n) is 1.45. The molecule has 0 bridgehead atoms. The summed E-state index contributed by atoms with van der Waals surface area (Å²) in [6, 6.07) is -0.264. The molecule has 82 valence electrons. The third kappa shape index (κ3) is 1.49. The monoisotopic (exact) mass is 213 g/mol. The van der Waals surface area contributed by atoms with Crippen molar-refractivity contribution in [1.82, 2.24) is 10.1 Å². The van der Waals surface area contributed by atoms with Gasteiger partial charge in [-0.05, 0) is 12.1 Å². The van der Waals surface area contributed by atoms with Gasteiger partial charge in [0.05, 0.1) is 18.6 Å². The number of carboxylic acids is 1. The number of aromatic carboxylic acids is 1. The molecule has 2 rings (SSSR count). The Bertz CT molecular complexity index is 391. The van der Waals surface area contributed by atoms with E-state index in [1.807, 2.05) is 6.92 Å². The largest absolute Gasteiger partial charge is 0.475 e. The minimum atomic E-state index is -1.22. The van der Waals surface area contributed by atoms with Crippen molar-refractivity contribution in [2.75, 3.05) is 13.2 Å². The van der Waals surface area contributed by atoms with Crippen LogP contribution in [0.25, 0.3) is 0 Å². The van der Waals surface area contributed by atoms with Crippen LogP contribution in [0.5, 0.6) is 0 Å². The molecule has 1 aromatic heterocycles. The lowest BCUT2D eigenvalue weighted by Gasteiger charge is -2.21. The molecule has 7 nitrogen and oxygen atoms in total. The normalized spacial score (nSPS) is 30.7. The smallest absolute Gasteiger partial charge is 0.377 e. The van der Waals surface area contributed by atoms with Crippen LogP contribution in [0.2, 0.25) is 0 Å². The standard InChI is InChI=1S/C8H11N3O4/c1-8(3-14-2-4(8)9)7-10-5(6(12)13)11-15-7/h4H,2-3,9H2,1H3,(H,12,13). The number of aromatic nitrogens is 2. The molecule has 0 saturated carbocycles. The maximum Gasteiger partial charge on any atom is 0.377 e. The number of hydrogen-bond acceptors (Lipinski definition) is 6. The van der Waals surface area contributed by atoms with Crippen molar-refractivity contribution in [3.05, 3.63) is 11.7 Å². The Kier molecular flexibility index (Phi) is 2.20. The summed E-state index contributed by atoms with van der Waals surface area (Å²) < 4.78 is 10.1. The third-order valence-corrected chi connectivity index (χ3v) is 2.62. The summed E-state index contributed by atoms with van der Waals surface area (Å²) in [6.07, 6.45) is 0. The van der Waals surface area contributed by atoms with Gasteiger partial charge in [-0.15, -0.1) is 0 Å². The summed E-state index contributed by atoms with van der Waals surface area (Å²) in [6.45, 7) is 2.57. The fraction of sp³-hybridized carbons (Fsp3) is 0.625. The predicted octanol–water partition coefficient (Wildman–Crippen LogP) is -0.617. The molecule has 1 aliphatic heterocycles. The van der Waals surface area contributed by atoms with E-state index in [-0.39, 0.29) is 17.8 Å². The molecule has 1 fully saturated rings. The van der Waals surface area contributed by atoms with Crippen molar-refractivity contribution < 1.29 is 19.2 Å². The molecule has 0 aliphatic carbocycles. The van der Waals surface area contributed by atoms with Crippen LogP contribution in [0.3, 0.4) is 0 Å². The minimum absolute atomic E-state index is 0.213. The van der Waals surface area contributed by atoms with Crippen LogP contribution in [0.4, 0.5) is 0 Å². The highest BCUT2D eigenvalue weighted by Crippen LogP contribution is 2.30. The SMILES string of the molecule is CC1(c2nc(C(=O)O)no2)COCC1N. The number of carboxylic acid groups (broad SMARTS) is 1. The number of nitrogens with zero attached hydrogens (tertiary/aromatic N) is 2. The summed E-state index contributed by atoms with van der Waals surface area (Å²) in [4.78, 5) is 14.3. The van der Waals surface area contributed by atoms with E-state index in [0.29, 0.717) is 13.2 Å². The Balaban J connectivity index is 2.32. The average molecular weight is 213 g/mol. The van der Waals surface area contributed by atoms with Crippen LogP contribution >= 0.6 is 0 Å². The van der Waals surface area contributed by atoms with Crippen molar-refractivity contribution >= 4 is 5.97 Å². The Morgan fingerprint density at radius 2 is 2.47 bits per heavy atom. The molecule has 0 radical (unpaired) electrons. The molecule has 0 aromatic carbocycles. The second-order valence-electron chi connectivity index (χ2n) is 3.77. The molecule has 1 aliphatic rings. The first-order valence-corrected chi connectivity index (χ1v) is 4.45. The lowest BCUT2D eigenvalue weighted by Crippen LogP contribution is -2.42. The minimum Gasteiger partial charge on any atom is -0.475 e. The van der Waals surface area contributed by atoms with E-state index >= 15 is 0 Å². The zero-order valence-electron chi connectivity index (χ0n) is 8.14. The third-order valence-electron chi connectivity index (χ3n) is 2.62. The molecule has 0 amide bonds. The van der Waals surface area contributed by atoms with Crippen molar-refractivity contribution in [2.24, 2.45) is 5.73 Å². The van der Waals surface area contributed by atoms with E-state index in [0.717, 1.165) is 0 Å². The van der Waals surface area contributed by atoms with Gasteiger partial charge in [0.1, 0.15) is 0 Å². The zero-order valence-corrected chi connectivity index (χ0v) is 8.14. The van der Waals surface area contributed by atoms with Gasteiger partial charge in [0.2, 0.25) is 5.89 Å². The molecule has 2 atom stereocenters. The van der Waals surface area contributed by atoms with Crippen LogP contribution in [0, 0.1) is 0 Å². The molecule has 3 N–H and O–H groups in total. The summed E-state index contributed by atoms with van der Waals surface area (Å²) in [5.41, 5.74) is 5.23. The highest BCUT2D eigenvalue weighted by atomic mass is 16.5. The second kappa shape index (κ2) is 3.28. The highest BCUT2D eigenvalue weighted by Gasteiger charge is 2.44. The number of ether oxygens (including phenoxy) is 1. The second-order valence-corrected chi connectivity index (χ2v) is 3.77. The molecule has 0 spiro atoms. The number of nitrogens with two attached hydrogens (primary N) is 1. The average Bonchev–Trinajstić information content (AvgIpc) is 2.75. The number of hydrogen-bond donors (Lipinski definition) is 2. The first-order valence-electron chi connectivity index (χ1n) is 4.45. The molecular formula is C8H11N3O4. The van der Waals surface area contributed by atoms with Gasteiger partial charge >= 0.3 is 5.97 Å². The van der Waals surface area contributed by atoms with Crippen LogP contribution in [0.15, 0.2) is 4.52 Å². The van der Waals surface area contributed by atoms with Gasteiger partial charge in [-0.25, -0.2) is 4.79 Å². The molecule has 2 unspecified atom stereocenters. The van der Waals surface area contributed by atoms with Gasteiger partial charge in [0.15, 0.2) is 0 Å². The first-order chi connectivity index (χ1) is 7.04. The van der Waals surface area contributed by atoms with E-state index in [2.05, 4.69) is 10.1 Å². The van der Waals surface area contributed by atoms with E-state index in [1.54, 1.807) is 0 Å². The topological polar surface area (TPSA) is 111 Å². The lowest BCUT2D eigenvalue weighted by molar-refractivity contribution is 0.0680. The van der Waals surface area contributed by atoms with Crippen LogP contribution in [-0.4, -0.2) is 40.5 Å². The quantitative estimate of drug-likeness (QED) is 0.673. The van der Waals surface area contributed by atoms with Crippen molar-refractivity contribution in [2.45, 2.75) is 18.4 Å². The lowest BCUT2D eigenvalue weighted by atomic mass is 9.86. The van der Waals surface area contributed by atoms with E-state index in [1.165, 1.54) is 0 Å². The van der Waals surface area contributed by atoms with Crippen LogP contribution in [-0.2, 0) is 10.2 Å².